The smallest absolute Gasteiger partial charge is 0.490 e. The molecule has 0 aromatic carbocycles. The van der Waals surface area contributed by atoms with Gasteiger partial charge in [-0.3, -0.25) is 10.1 Å². The topological polar surface area (TPSA) is 74.5 Å². The zero-order chi connectivity index (χ0) is 14.8. The first kappa shape index (κ1) is 14.9. The lowest BCUT2D eigenvalue weighted by molar-refractivity contribution is -0.390. The number of nitro groups is 1. The van der Waals surface area contributed by atoms with Crippen LogP contribution < -0.4 is 9.47 Å². The van der Waals surface area contributed by atoms with Crippen LogP contribution in [0, 0.1) is 10.1 Å². The van der Waals surface area contributed by atoms with Crippen molar-refractivity contribution in [2.45, 2.75) is 12.8 Å². The molecule has 106 valence electrons. The molecule has 0 saturated heterocycles. The molecule has 0 fully saturated rings. The molecule has 0 amide bonds. The van der Waals surface area contributed by atoms with Crippen LogP contribution >= 0.6 is 0 Å². The summed E-state index contributed by atoms with van der Waals surface area (Å²) in [5.74, 6) is -2.51. The number of aromatic nitrogens is 1. The van der Waals surface area contributed by atoms with E-state index in [4.69, 9.17) is 0 Å². The molecule has 0 bridgehead atoms. The van der Waals surface area contributed by atoms with Gasteiger partial charge in [-0.1, -0.05) is 0 Å². The Kier molecular flexibility index (Phi) is 4.07. The molecule has 0 aliphatic carbocycles. The molecule has 0 N–H and O–H groups in total. The molecule has 0 radical (unpaired) electrons. The molecule has 0 unspecified atom stereocenters. The normalized spacial score (nSPS) is 11.5. The largest absolute Gasteiger partial charge is 0.574 e. The molecule has 0 saturated carbocycles. The van der Waals surface area contributed by atoms with E-state index in [-0.39, 0.29) is 0 Å². The molecule has 1 heterocycles. The molecule has 0 atom stereocenters. The van der Waals surface area contributed by atoms with Gasteiger partial charge in [-0.2, -0.15) is 0 Å². The van der Waals surface area contributed by atoms with Gasteiger partial charge < -0.3 is 9.47 Å². The van der Waals surface area contributed by atoms with E-state index in [2.05, 4.69) is 14.5 Å². The maximum atomic E-state index is 12.5. The summed E-state index contributed by atoms with van der Waals surface area (Å²) in [6.45, 7) is 0. The van der Waals surface area contributed by atoms with Gasteiger partial charge in [0.25, 0.3) is 6.43 Å². The number of pyridine rings is 1. The Morgan fingerprint density at radius 3 is 2.37 bits per heavy atom. The minimum Gasteiger partial charge on any atom is -0.490 e. The Balaban J connectivity index is 3.46. The molecule has 6 nitrogen and oxygen atoms in total. The fraction of sp³-hybridized carbons (Fsp3) is 0.375. The van der Waals surface area contributed by atoms with Crippen LogP contribution in [0.25, 0.3) is 0 Å². The summed E-state index contributed by atoms with van der Waals surface area (Å²) in [5.41, 5.74) is -2.43. The van der Waals surface area contributed by atoms with Crippen LogP contribution in [0.3, 0.4) is 0 Å². The number of hydrogen-bond donors (Lipinski definition) is 0. The number of rotatable bonds is 4. The summed E-state index contributed by atoms with van der Waals surface area (Å²) in [6, 6.07) is 0. The highest BCUT2D eigenvalue weighted by Gasteiger charge is 2.38. The van der Waals surface area contributed by atoms with E-state index < -0.39 is 40.6 Å². The Labute approximate surface area is 101 Å². The second-order valence-corrected chi connectivity index (χ2v) is 3.01. The average Bonchev–Trinajstić information content (AvgIpc) is 2.25. The summed E-state index contributed by atoms with van der Waals surface area (Å²) in [4.78, 5) is 12.2. The molecular formula is C8H5F5N2O4. The van der Waals surface area contributed by atoms with E-state index in [0.29, 0.717) is 6.20 Å². The van der Waals surface area contributed by atoms with Crippen LogP contribution in [-0.2, 0) is 0 Å². The molecule has 1 aromatic heterocycles. The third kappa shape index (κ3) is 3.39. The predicted molar refractivity (Wildman–Crippen MR) is 49.1 cm³/mol. The van der Waals surface area contributed by atoms with Crippen molar-refractivity contribution in [2.75, 3.05) is 7.11 Å². The van der Waals surface area contributed by atoms with Crippen molar-refractivity contribution in [2.24, 2.45) is 0 Å². The highest BCUT2D eigenvalue weighted by Crippen LogP contribution is 2.42. The van der Waals surface area contributed by atoms with Crippen molar-refractivity contribution in [3.8, 4) is 11.6 Å². The molecule has 1 aromatic rings. The number of halogens is 5. The van der Waals surface area contributed by atoms with Crippen LogP contribution in [0.2, 0.25) is 0 Å². The SMILES string of the molecule is COc1c(C(F)F)cnc(OC(F)(F)F)c1[N+](=O)[O-]. The minimum atomic E-state index is -5.25. The summed E-state index contributed by atoms with van der Waals surface area (Å²) >= 11 is 0. The Bertz CT molecular complexity index is 491. The Hall–Kier alpha value is -2.20. The van der Waals surface area contributed by atoms with Gasteiger partial charge in [-0.05, 0) is 0 Å². The number of methoxy groups -OCH3 is 1. The lowest BCUT2D eigenvalue weighted by Gasteiger charge is -2.12. The molecule has 0 spiro atoms. The molecule has 19 heavy (non-hydrogen) atoms. The van der Waals surface area contributed by atoms with E-state index in [1.807, 2.05) is 0 Å². The lowest BCUT2D eigenvalue weighted by atomic mass is 10.2. The quantitative estimate of drug-likeness (QED) is 0.484. The fourth-order valence-electron chi connectivity index (χ4n) is 1.20. The minimum absolute atomic E-state index is 0.317. The van der Waals surface area contributed by atoms with Crippen molar-refractivity contribution in [1.82, 2.24) is 4.98 Å². The van der Waals surface area contributed by atoms with Gasteiger partial charge >= 0.3 is 17.9 Å². The monoisotopic (exact) mass is 288 g/mol. The number of nitrogens with zero attached hydrogens (tertiary/aromatic N) is 2. The predicted octanol–water partition coefficient (Wildman–Crippen LogP) is 2.83. The molecular weight excluding hydrogens is 283 g/mol. The van der Waals surface area contributed by atoms with Gasteiger partial charge in [-0.15, -0.1) is 13.2 Å². The van der Waals surface area contributed by atoms with Crippen LogP contribution in [0.15, 0.2) is 6.20 Å². The van der Waals surface area contributed by atoms with E-state index >= 15 is 0 Å². The molecule has 1 rings (SSSR count). The Morgan fingerprint density at radius 1 is 1.42 bits per heavy atom. The third-order valence-corrected chi connectivity index (χ3v) is 1.83. The van der Waals surface area contributed by atoms with Gasteiger partial charge in [0, 0.05) is 6.20 Å². The zero-order valence-corrected chi connectivity index (χ0v) is 9.07. The fourth-order valence-corrected chi connectivity index (χ4v) is 1.20. The first-order valence-electron chi connectivity index (χ1n) is 4.42. The van der Waals surface area contributed by atoms with Crippen LogP contribution in [0.5, 0.6) is 11.6 Å². The summed E-state index contributed by atoms with van der Waals surface area (Å²) in [7, 11) is 0.797. The lowest BCUT2D eigenvalue weighted by Crippen LogP contribution is -2.19. The third-order valence-electron chi connectivity index (χ3n) is 1.83. The van der Waals surface area contributed by atoms with E-state index in [9.17, 15) is 32.1 Å². The average molecular weight is 288 g/mol. The van der Waals surface area contributed by atoms with Gasteiger partial charge in [0.1, 0.15) is 0 Å². The van der Waals surface area contributed by atoms with E-state index in [1.165, 1.54) is 0 Å². The molecule has 0 aliphatic rings. The molecule has 0 aliphatic heterocycles. The van der Waals surface area contributed by atoms with Crippen LogP contribution in [-0.4, -0.2) is 23.4 Å². The van der Waals surface area contributed by atoms with E-state index in [1.54, 1.807) is 0 Å². The van der Waals surface area contributed by atoms with Crippen molar-refractivity contribution >= 4 is 5.69 Å². The van der Waals surface area contributed by atoms with Gasteiger partial charge in [0.2, 0.25) is 5.75 Å². The first-order valence-corrected chi connectivity index (χ1v) is 4.42. The summed E-state index contributed by atoms with van der Waals surface area (Å²) in [6.07, 6.45) is -8.15. The second kappa shape index (κ2) is 5.20. The number of ether oxygens (including phenoxy) is 2. The summed E-state index contributed by atoms with van der Waals surface area (Å²) in [5, 5.41) is 10.7. The van der Waals surface area contributed by atoms with Crippen molar-refractivity contribution < 1.29 is 36.3 Å². The number of hydrogen-bond acceptors (Lipinski definition) is 5. The van der Waals surface area contributed by atoms with Crippen molar-refractivity contribution in [3.05, 3.63) is 21.9 Å². The maximum Gasteiger partial charge on any atom is 0.574 e. The van der Waals surface area contributed by atoms with Crippen molar-refractivity contribution in [3.63, 3.8) is 0 Å². The second-order valence-electron chi connectivity index (χ2n) is 3.01. The van der Waals surface area contributed by atoms with Crippen molar-refractivity contribution in [1.29, 1.82) is 0 Å². The Morgan fingerprint density at radius 2 is 2.00 bits per heavy atom. The highest BCUT2D eigenvalue weighted by atomic mass is 19.4. The van der Waals surface area contributed by atoms with Gasteiger partial charge in [-0.25, -0.2) is 13.8 Å². The maximum absolute atomic E-state index is 12.5. The first-order chi connectivity index (χ1) is 8.67. The standard InChI is InChI=1S/C8H5F5N2O4/c1-18-5-3(6(9)10)2-14-7(4(5)15(16)17)19-8(11,12)13/h2,6H,1H3. The molecule has 11 heteroatoms. The van der Waals surface area contributed by atoms with Crippen LogP contribution in [0.1, 0.15) is 12.0 Å². The van der Waals surface area contributed by atoms with Gasteiger partial charge in [0.15, 0.2) is 0 Å². The van der Waals surface area contributed by atoms with Crippen LogP contribution in [0.4, 0.5) is 27.6 Å². The zero-order valence-electron chi connectivity index (χ0n) is 9.07. The van der Waals surface area contributed by atoms with Gasteiger partial charge in [0.05, 0.1) is 17.6 Å². The number of alkyl halides is 5. The van der Waals surface area contributed by atoms with E-state index in [0.717, 1.165) is 7.11 Å². The summed E-state index contributed by atoms with van der Waals surface area (Å²) < 4.78 is 68.7. The highest BCUT2D eigenvalue weighted by molar-refractivity contribution is 5.57.